The molecule has 1 unspecified atom stereocenters. The summed E-state index contributed by atoms with van der Waals surface area (Å²) in [5.41, 5.74) is 7.67. The maximum atomic E-state index is 6.23. The standard InChI is InChI=1S/C33H23NO2/c1-3-7-29-26(5-1)19-28(21-34-29)22-9-11-23(12-10-22)31-17-18-32(35-31)24-13-15-25(16-14-24)33-20-27-6-2-4-8-30(27)36-33/h1-21,29,34H. The Bertz CT molecular complexity index is 1660. The van der Waals surface area contributed by atoms with Crippen LogP contribution in [0.4, 0.5) is 0 Å². The summed E-state index contributed by atoms with van der Waals surface area (Å²) in [7, 11) is 0. The maximum absolute atomic E-state index is 6.23. The van der Waals surface area contributed by atoms with Crippen LogP contribution in [0, 0.1) is 0 Å². The fraction of sp³-hybridized carbons (Fsp3) is 0.0303. The van der Waals surface area contributed by atoms with Crippen molar-refractivity contribution >= 4 is 16.5 Å². The molecule has 0 spiro atoms. The van der Waals surface area contributed by atoms with Gasteiger partial charge in [0.25, 0.3) is 0 Å². The van der Waals surface area contributed by atoms with Crippen molar-refractivity contribution in [2.75, 3.05) is 0 Å². The maximum Gasteiger partial charge on any atom is 0.135 e. The molecule has 1 aliphatic heterocycles. The van der Waals surface area contributed by atoms with Crippen molar-refractivity contribution in [3.05, 3.63) is 139 Å². The molecule has 1 aliphatic carbocycles. The first-order valence-corrected chi connectivity index (χ1v) is 12.1. The molecule has 2 aromatic heterocycles. The highest BCUT2D eigenvalue weighted by molar-refractivity contribution is 5.83. The van der Waals surface area contributed by atoms with Crippen LogP contribution in [-0.2, 0) is 0 Å². The molecular formula is C33H23NO2. The van der Waals surface area contributed by atoms with Crippen LogP contribution in [0.25, 0.3) is 50.5 Å². The molecular weight excluding hydrogens is 442 g/mol. The fourth-order valence-corrected chi connectivity index (χ4v) is 4.81. The zero-order valence-electron chi connectivity index (χ0n) is 19.5. The second kappa shape index (κ2) is 8.47. The molecule has 0 fully saturated rings. The second-order valence-corrected chi connectivity index (χ2v) is 9.10. The summed E-state index contributed by atoms with van der Waals surface area (Å²) in [5, 5.41) is 4.57. The van der Waals surface area contributed by atoms with Gasteiger partial charge in [-0.05, 0) is 47.1 Å². The lowest BCUT2D eigenvalue weighted by molar-refractivity contribution is 0.597. The molecule has 1 atom stereocenters. The number of allylic oxidation sites excluding steroid dienone is 4. The number of dihydropyridines is 1. The third-order valence-corrected chi connectivity index (χ3v) is 6.79. The van der Waals surface area contributed by atoms with Gasteiger partial charge in [-0.1, -0.05) is 91.0 Å². The molecule has 5 aromatic rings. The monoisotopic (exact) mass is 465 g/mol. The Morgan fingerprint density at radius 2 is 1.28 bits per heavy atom. The van der Waals surface area contributed by atoms with Gasteiger partial charge >= 0.3 is 0 Å². The van der Waals surface area contributed by atoms with Crippen molar-refractivity contribution in [1.82, 2.24) is 5.32 Å². The molecule has 0 saturated heterocycles. The van der Waals surface area contributed by atoms with E-state index in [4.69, 9.17) is 8.83 Å². The van der Waals surface area contributed by atoms with Crippen molar-refractivity contribution in [3.63, 3.8) is 0 Å². The number of fused-ring (bicyclic) bond motifs is 2. The topological polar surface area (TPSA) is 38.3 Å². The first-order valence-electron chi connectivity index (χ1n) is 12.1. The summed E-state index contributed by atoms with van der Waals surface area (Å²) in [6.45, 7) is 0. The van der Waals surface area contributed by atoms with E-state index in [9.17, 15) is 0 Å². The van der Waals surface area contributed by atoms with Gasteiger partial charge in [-0.2, -0.15) is 0 Å². The first-order chi connectivity index (χ1) is 17.8. The van der Waals surface area contributed by atoms with Gasteiger partial charge in [0.15, 0.2) is 0 Å². The van der Waals surface area contributed by atoms with Crippen LogP contribution >= 0.6 is 0 Å². The quantitative estimate of drug-likeness (QED) is 0.290. The van der Waals surface area contributed by atoms with Gasteiger partial charge in [-0.25, -0.2) is 0 Å². The van der Waals surface area contributed by atoms with E-state index in [1.165, 1.54) is 16.7 Å². The number of hydrogen-bond acceptors (Lipinski definition) is 3. The van der Waals surface area contributed by atoms with Gasteiger partial charge < -0.3 is 14.2 Å². The number of furan rings is 2. The molecule has 0 radical (unpaired) electrons. The summed E-state index contributed by atoms with van der Waals surface area (Å²) < 4.78 is 12.2. The molecule has 3 heteroatoms. The molecule has 0 saturated carbocycles. The summed E-state index contributed by atoms with van der Waals surface area (Å²) in [6.07, 6.45) is 12.8. The summed E-state index contributed by atoms with van der Waals surface area (Å²) in [6, 6.07) is 31.3. The van der Waals surface area contributed by atoms with Gasteiger partial charge in [0, 0.05) is 28.3 Å². The third-order valence-electron chi connectivity index (χ3n) is 6.79. The van der Waals surface area contributed by atoms with Gasteiger partial charge in [0.2, 0.25) is 0 Å². The zero-order chi connectivity index (χ0) is 23.9. The van der Waals surface area contributed by atoms with E-state index in [0.29, 0.717) is 0 Å². The minimum absolute atomic E-state index is 0.271. The van der Waals surface area contributed by atoms with Crippen LogP contribution in [-0.4, -0.2) is 6.04 Å². The van der Waals surface area contributed by atoms with Crippen LogP contribution in [0.1, 0.15) is 5.56 Å². The lowest BCUT2D eigenvalue weighted by Crippen LogP contribution is -2.27. The van der Waals surface area contributed by atoms with E-state index in [-0.39, 0.29) is 6.04 Å². The van der Waals surface area contributed by atoms with Crippen LogP contribution < -0.4 is 5.32 Å². The number of hydrogen-bond donors (Lipinski definition) is 1. The minimum Gasteiger partial charge on any atom is -0.456 e. The van der Waals surface area contributed by atoms with Crippen LogP contribution in [0.15, 0.2) is 142 Å². The Morgan fingerprint density at radius 3 is 2.00 bits per heavy atom. The van der Waals surface area contributed by atoms with Crippen molar-refractivity contribution < 1.29 is 8.83 Å². The largest absolute Gasteiger partial charge is 0.456 e. The highest BCUT2D eigenvalue weighted by atomic mass is 16.3. The molecule has 2 aliphatic rings. The Morgan fingerprint density at radius 1 is 0.611 bits per heavy atom. The molecule has 3 aromatic carbocycles. The van der Waals surface area contributed by atoms with E-state index in [0.717, 1.165) is 44.9 Å². The van der Waals surface area contributed by atoms with E-state index in [1.807, 2.05) is 30.3 Å². The fourth-order valence-electron chi connectivity index (χ4n) is 4.81. The molecule has 0 bridgehead atoms. The van der Waals surface area contributed by atoms with Gasteiger partial charge in [0.1, 0.15) is 22.9 Å². The predicted molar refractivity (Wildman–Crippen MR) is 146 cm³/mol. The summed E-state index contributed by atoms with van der Waals surface area (Å²) in [4.78, 5) is 0. The lowest BCUT2D eigenvalue weighted by Gasteiger charge is -2.23. The average Bonchev–Trinajstić information content (AvgIpc) is 3.61. The molecule has 172 valence electrons. The normalized spacial score (nSPS) is 16.4. The van der Waals surface area contributed by atoms with E-state index in [1.54, 1.807) is 0 Å². The average molecular weight is 466 g/mol. The molecule has 1 N–H and O–H groups in total. The van der Waals surface area contributed by atoms with E-state index in [2.05, 4.69) is 103 Å². The Hall–Kier alpha value is -4.76. The first kappa shape index (κ1) is 20.6. The zero-order valence-corrected chi connectivity index (χ0v) is 19.5. The summed E-state index contributed by atoms with van der Waals surface area (Å²) in [5.74, 6) is 2.57. The van der Waals surface area contributed by atoms with Crippen molar-refractivity contribution in [3.8, 4) is 34.0 Å². The smallest absolute Gasteiger partial charge is 0.135 e. The van der Waals surface area contributed by atoms with Crippen molar-refractivity contribution in [1.29, 1.82) is 0 Å². The number of rotatable bonds is 4. The molecule has 3 nitrogen and oxygen atoms in total. The number of nitrogens with one attached hydrogen (secondary N) is 1. The van der Waals surface area contributed by atoms with Crippen LogP contribution in [0.5, 0.6) is 0 Å². The Balaban J connectivity index is 1.10. The lowest BCUT2D eigenvalue weighted by atomic mass is 9.93. The minimum atomic E-state index is 0.271. The highest BCUT2D eigenvalue weighted by Gasteiger charge is 2.15. The molecule has 3 heterocycles. The predicted octanol–water partition coefficient (Wildman–Crippen LogP) is 8.39. The van der Waals surface area contributed by atoms with Crippen LogP contribution in [0.2, 0.25) is 0 Å². The SMILES string of the molecule is C1=CC2=CC(c3ccc(-c4ccc(-c5ccc(-c6cc7ccccc7o6)cc5)o4)cc3)=CNC2C=C1. The second-order valence-electron chi connectivity index (χ2n) is 9.10. The molecule has 36 heavy (non-hydrogen) atoms. The molecule has 0 amide bonds. The number of para-hydroxylation sites is 1. The third kappa shape index (κ3) is 3.71. The van der Waals surface area contributed by atoms with Crippen molar-refractivity contribution in [2.45, 2.75) is 6.04 Å². The molecule has 7 rings (SSSR count). The van der Waals surface area contributed by atoms with Crippen LogP contribution in [0.3, 0.4) is 0 Å². The van der Waals surface area contributed by atoms with Gasteiger partial charge in [0.05, 0.1) is 6.04 Å². The van der Waals surface area contributed by atoms with E-state index < -0.39 is 0 Å². The number of benzene rings is 3. The van der Waals surface area contributed by atoms with Crippen molar-refractivity contribution in [2.24, 2.45) is 0 Å². The van der Waals surface area contributed by atoms with Gasteiger partial charge in [-0.3, -0.25) is 0 Å². The van der Waals surface area contributed by atoms with E-state index >= 15 is 0 Å². The Kier molecular flexibility index (Phi) is 4.85. The van der Waals surface area contributed by atoms with Gasteiger partial charge in [-0.15, -0.1) is 0 Å². The summed E-state index contributed by atoms with van der Waals surface area (Å²) >= 11 is 0. The Labute approximate surface area is 209 Å². The highest BCUT2D eigenvalue weighted by Crippen LogP contribution is 2.33.